The summed E-state index contributed by atoms with van der Waals surface area (Å²) in [5.74, 6) is 0.888. The molecule has 0 saturated carbocycles. The maximum atomic E-state index is 14.8. The number of ketones is 1. The van der Waals surface area contributed by atoms with Gasteiger partial charge in [-0.25, -0.2) is 4.79 Å². The van der Waals surface area contributed by atoms with Crippen molar-refractivity contribution in [1.82, 2.24) is 0 Å². The Balaban J connectivity index is 1.62. The molecule has 0 unspecified atom stereocenters. The molecule has 0 aliphatic carbocycles. The van der Waals surface area contributed by atoms with Crippen LogP contribution in [-0.2, 0) is 15.8 Å². The summed E-state index contributed by atoms with van der Waals surface area (Å²) in [5, 5.41) is 3.03. The minimum atomic E-state index is -2.80. The summed E-state index contributed by atoms with van der Waals surface area (Å²) in [7, 11) is 1.70. The van der Waals surface area contributed by atoms with Gasteiger partial charge in [-0.3, -0.25) is 4.79 Å². The molecule has 0 bridgehead atoms. The van der Waals surface area contributed by atoms with E-state index in [0.717, 1.165) is 5.56 Å². The minimum absolute atomic E-state index is 0.132. The molecule has 0 N–H and O–H groups in total. The summed E-state index contributed by atoms with van der Waals surface area (Å²) in [6.07, 6.45) is 3.56. The first kappa shape index (κ1) is 39.7. The molecule has 0 heterocycles. The Hall–Kier alpha value is -5.47. The quantitative estimate of drug-likeness (QED) is 0.0347. The molecule has 0 saturated heterocycles. The first-order valence-corrected chi connectivity index (χ1v) is 19.9. The van der Waals surface area contributed by atoms with Crippen LogP contribution in [0.2, 0.25) is 5.04 Å². The number of aliphatic imine (C=N–C) groups is 1. The average molecular weight is 744 g/mol. The van der Waals surface area contributed by atoms with Crippen LogP contribution in [0.1, 0.15) is 56.1 Å². The first-order valence-electron chi connectivity index (χ1n) is 17.9. The molecule has 54 heavy (non-hydrogen) atoms. The molecule has 9 heteroatoms. The molecule has 0 aliphatic rings. The highest BCUT2D eigenvalue weighted by molar-refractivity contribution is 6.99. The fourth-order valence-electron chi connectivity index (χ4n) is 7.33. The van der Waals surface area contributed by atoms with Gasteiger partial charge < -0.3 is 23.4 Å². The number of carbonyl (C=O) groups is 1. The van der Waals surface area contributed by atoms with Crippen molar-refractivity contribution in [3.05, 3.63) is 125 Å². The molecule has 0 aromatic heterocycles. The fraction of sp³-hybridized carbons (Fsp3) is 0.289. The van der Waals surface area contributed by atoms with Crippen LogP contribution < -0.4 is 29.3 Å². The summed E-state index contributed by atoms with van der Waals surface area (Å²) >= 11 is 0. The summed E-state index contributed by atoms with van der Waals surface area (Å²) in [5.41, 5.74) is 2.48. The van der Waals surface area contributed by atoms with Gasteiger partial charge in [-0.05, 0) is 46.3 Å². The number of allylic oxidation sites excluding steroid dienone is 1. The van der Waals surface area contributed by atoms with E-state index in [0.29, 0.717) is 45.8 Å². The number of methoxy groups -OCH3 is 3. The van der Waals surface area contributed by atoms with Gasteiger partial charge >= 0.3 is 0 Å². The molecule has 5 aromatic carbocycles. The third-order valence-corrected chi connectivity index (χ3v) is 14.7. The van der Waals surface area contributed by atoms with Crippen molar-refractivity contribution in [2.75, 3.05) is 27.9 Å². The highest BCUT2D eigenvalue weighted by Gasteiger charge is 2.50. The van der Waals surface area contributed by atoms with Crippen molar-refractivity contribution in [1.29, 1.82) is 0 Å². The van der Waals surface area contributed by atoms with Crippen LogP contribution in [-0.4, -0.2) is 48.1 Å². The molecule has 0 fully saturated rings. The summed E-state index contributed by atoms with van der Waals surface area (Å²) < 4.78 is 31.4. The Bertz CT molecular complexity index is 2130. The van der Waals surface area contributed by atoms with E-state index in [4.69, 9.17) is 23.4 Å². The van der Waals surface area contributed by atoms with Crippen LogP contribution in [0.15, 0.2) is 114 Å². The van der Waals surface area contributed by atoms with Gasteiger partial charge in [0.15, 0.2) is 11.5 Å². The van der Waals surface area contributed by atoms with Crippen molar-refractivity contribution in [3.63, 3.8) is 0 Å². The van der Waals surface area contributed by atoms with Gasteiger partial charge in [0.05, 0.1) is 32.3 Å². The third kappa shape index (κ3) is 7.75. The molecule has 0 amide bonds. The molecule has 8 nitrogen and oxygen atoms in total. The highest BCUT2D eigenvalue weighted by Crippen LogP contribution is 2.52. The predicted octanol–water partition coefficient (Wildman–Crippen LogP) is 9.06. The monoisotopic (exact) mass is 743 g/mol. The van der Waals surface area contributed by atoms with E-state index < -0.39 is 8.32 Å². The molecular weight excluding hydrogens is 695 g/mol. The van der Waals surface area contributed by atoms with Crippen molar-refractivity contribution < 1.29 is 33.0 Å². The van der Waals surface area contributed by atoms with Crippen LogP contribution in [0.3, 0.4) is 0 Å². The number of hydrogen-bond acceptors (Lipinski definition) is 8. The number of Topliss-reactive ketones (excluding diaryl/α,β-unsaturated/α-hetero) is 1. The lowest BCUT2D eigenvalue weighted by Crippen LogP contribution is -2.66. The lowest BCUT2D eigenvalue weighted by atomic mass is 9.90. The number of nitrogens with zero attached hydrogens (tertiary/aromatic N) is 1. The van der Waals surface area contributed by atoms with Gasteiger partial charge in [0.2, 0.25) is 6.08 Å². The zero-order valence-corrected chi connectivity index (χ0v) is 33.6. The van der Waals surface area contributed by atoms with Gasteiger partial charge in [-0.2, -0.15) is 4.99 Å². The minimum Gasteiger partial charge on any atom is -0.496 e. The maximum Gasteiger partial charge on any atom is 0.261 e. The van der Waals surface area contributed by atoms with E-state index >= 15 is 0 Å². The summed E-state index contributed by atoms with van der Waals surface area (Å²) in [4.78, 5) is 30.2. The van der Waals surface area contributed by atoms with Gasteiger partial charge in [0.1, 0.15) is 29.5 Å². The number of benzene rings is 5. The number of ether oxygens (including phenoxy) is 4. The fourth-order valence-corrected chi connectivity index (χ4v) is 12.0. The van der Waals surface area contributed by atoms with E-state index in [1.54, 1.807) is 19.1 Å². The Morgan fingerprint density at radius 3 is 1.87 bits per heavy atom. The van der Waals surface area contributed by atoms with E-state index in [1.807, 2.05) is 55.5 Å². The van der Waals surface area contributed by atoms with Gasteiger partial charge in [0, 0.05) is 23.6 Å². The van der Waals surface area contributed by atoms with Crippen LogP contribution in [0, 0.1) is 12.8 Å². The SMILES string of the molecule is COc1c(C)c(OCc2ccccc2)c2c(OC)c(N=C=O)cc(OC)c2c1C(=O)/C(C)=C/[C@H](C)CO[Si](c1ccccc1)(c1ccccc1)C(C)(C)C. The second-order valence-electron chi connectivity index (χ2n) is 14.4. The molecule has 0 radical (unpaired) electrons. The second-order valence-corrected chi connectivity index (χ2v) is 18.7. The van der Waals surface area contributed by atoms with E-state index in [2.05, 4.69) is 81.2 Å². The first-order chi connectivity index (χ1) is 25.9. The zero-order valence-electron chi connectivity index (χ0n) is 32.6. The lowest BCUT2D eigenvalue weighted by molar-refractivity contribution is 0.103. The van der Waals surface area contributed by atoms with Crippen molar-refractivity contribution in [2.24, 2.45) is 10.9 Å². The van der Waals surface area contributed by atoms with Gasteiger partial charge in [0.25, 0.3) is 8.32 Å². The zero-order chi connectivity index (χ0) is 39.0. The Kier molecular flexibility index (Phi) is 12.6. The van der Waals surface area contributed by atoms with Crippen LogP contribution >= 0.6 is 0 Å². The van der Waals surface area contributed by atoms with Crippen LogP contribution in [0.5, 0.6) is 23.0 Å². The van der Waals surface area contributed by atoms with Gasteiger partial charge in [-0.1, -0.05) is 125 Å². The predicted molar refractivity (Wildman–Crippen MR) is 218 cm³/mol. The number of fused-ring (bicyclic) bond motifs is 1. The normalized spacial score (nSPS) is 12.5. The summed E-state index contributed by atoms with van der Waals surface area (Å²) in [6.45, 7) is 13.0. The maximum absolute atomic E-state index is 14.8. The topological polar surface area (TPSA) is 92.6 Å². The third-order valence-electron chi connectivity index (χ3n) is 9.73. The van der Waals surface area contributed by atoms with Crippen molar-refractivity contribution in [3.8, 4) is 23.0 Å². The molecule has 0 aliphatic heterocycles. The smallest absolute Gasteiger partial charge is 0.261 e. The average Bonchev–Trinajstić information content (AvgIpc) is 3.17. The molecule has 280 valence electrons. The largest absolute Gasteiger partial charge is 0.496 e. The number of hydrogen-bond donors (Lipinski definition) is 0. The number of rotatable bonds is 15. The Morgan fingerprint density at radius 1 is 0.815 bits per heavy atom. The van der Waals surface area contributed by atoms with Gasteiger partial charge in [-0.15, -0.1) is 0 Å². The number of carbonyl (C=O) groups excluding carboxylic acids is 2. The molecule has 1 atom stereocenters. The molecule has 5 aromatic rings. The Labute approximate surface area is 319 Å². The Morgan fingerprint density at radius 2 is 1.37 bits per heavy atom. The van der Waals surface area contributed by atoms with E-state index in [-0.39, 0.29) is 40.3 Å². The lowest BCUT2D eigenvalue weighted by Gasteiger charge is -2.43. The standard InChI is InChI=1S/C45H49NO7Si/c1-30(27-53-54(45(4,5)6,34-21-15-11-16-22-34)35-23-17-12-18-24-35)25-31(2)41(48)39-38-37(49-7)26-36(46-29-47)44(51-9)40(38)43(32(3)42(39)50-8)52-28-33-19-13-10-14-20-33/h10-26,30H,27-28H2,1-9H3/b31-25+/t30-/m0/s1. The van der Waals surface area contributed by atoms with Crippen LogP contribution in [0.25, 0.3) is 10.8 Å². The highest BCUT2D eigenvalue weighted by atomic mass is 28.4. The molecule has 0 spiro atoms. The summed E-state index contributed by atoms with van der Waals surface area (Å²) in [6, 6.07) is 32.3. The number of isocyanates is 1. The molecule has 5 rings (SSSR count). The van der Waals surface area contributed by atoms with E-state index in [9.17, 15) is 9.59 Å². The van der Waals surface area contributed by atoms with Crippen LogP contribution in [0.4, 0.5) is 5.69 Å². The van der Waals surface area contributed by atoms with Crippen molar-refractivity contribution in [2.45, 2.75) is 53.2 Å². The second kappa shape index (κ2) is 17.1. The molecular formula is C45H49NO7Si. The van der Waals surface area contributed by atoms with E-state index in [1.165, 1.54) is 31.7 Å². The van der Waals surface area contributed by atoms with Crippen molar-refractivity contribution >= 4 is 47.0 Å².